The van der Waals surface area contributed by atoms with Crippen LogP contribution < -0.4 is 4.74 Å². The lowest BCUT2D eigenvalue weighted by Gasteiger charge is -2.44. The summed E-state index contributed by atoms with van der Waals surface area (Å²) >= 11 is 0. The lowest BCUT2D eigenvalue weighted by atomic mass is 9.98. The summed E-state index contributed by atoms with van der Waals surface area (Å²) in [5.74, 6) is 0.507. The molecule has 1 aliphatic heterocycles. The van der Waals surface area contributed by atoms with E-state index in [0.29, 0.717) is 12.2 Å². The molecule has 7 nitrogen and oxygen atoms in total. The molecule has 0 bridgehead atoms. The molecule has 0 unspecified atom stereocenters. The van der Waals surface area contributed by atoms with E-state index in [4.69, 9.17) is 28.4 Å². The topological polar surface area (TPSA) is 72.5 Å². The van der Waals surface area contributed by atoms with Crippen molar-refractivity contribution in [1.82, 2.24) is 0 Å². The predicted octanol–water partition coefficient (Wildman–Crippen LogP) is 3.97. The molecule has 0 aliphatic carbocycles. The van der Waals surface area contributed by atoms with Crippen LogP contribution in [0.2, 0.25) is 0 Å². The second-order valence-electron chi connectivity index (χ2n) is 8.20. The second-order valence-corrected chi connectivity index (χ2v) is 8.20. The van der Waals surface area contributed by atoms with Crippen LogP contribution in [-0.4, -0.2) is 64.6 Å². The Kier molecular flexibility index (Phi) is 8.87. The fraction of sp³-hybridized carbons (Fsp3) is 0.560. The van der Waals surface area contributed by atoms with E-state index in [0.717, 1.165) is 17.2 Å². The molecule has 7 heteroatoms. The minimum Gasteiger partial charge on any atom is -0.461 e. The van der Waals surface area contributed by atoms with Crippen molar-refractivity contribution in [3.63, 3.8) is 0 Å². The van der Waals surface area contributed by atoms with Gasteiger partial charge in [-0.1, -0.05) is 50.6 Å². The van der Waals surface area contributed by atoms with Crippen LogP contribution in [0.5, 0.6) is 5.75 Å². The molecule has 0 N–H and O–H groups in total. The Morgan fingerprint density at radius 2 is 1.72 bits per heavy atom. The Hall–Kier alpha value is -2.19. The smallest absolute Gasteiger partial charge is 0.306 e. The average molecular weight is 447 g/mol. The second kappa shape index (κ2) is 11.6. The van der Waals surface area contributed by atoms with Gasteiger partial charge in [-0.25, -0.2) is 0 Å². The third kappa shape index (κ3) is 5.78. The molecule has 0 amide bonds. The van der Waals surface area contributed by atoms with Crippen molar-refractivity contribution < 1.29 is 33.2 Å². The zero-order valence-corrected chi connectivity index (χ0v) is 19.5. The summed E-state index contributed by atoms with van der Waals surface area (Å²) in [4.78, 5) is 12.7. The van der Waals surface area contributed by atoms with Crippen LogP contribution in [0.3, 0.4) is 0 Å². The molecule has 6 atom stereocenters. The summed E-state index contributed by atoms with van der Waals surface area (Å²) in [6, 6.07) is 13.8. The lowest BCUT2D eigenvalue weighted by molar-refractivity contribution is -0.291. The number of rotatable bonds is 10. The minimum absolute atomic E-state index is 0.215. The zero-order valence-electron chi connectivity index (χ0n) is 19.5. The summed E-state index contributed by atoms with van der Waals surface area (Å²) in [6.07, 6.45) is -2.01. The highest BCUT2D eigenvalue weighted by atomic mass is 16.7. The molecule has 176 valence electrons. The van der Waals surface area contributed by atoms with Gasteiger partial charge in [0, 0.05) is 27.8 Å². The van der Waals surface area contributed by atoms with Gasteiger partial charge in [0.1, 0.15) is 24.1 Å². The molecule has 1 saturated heterocycles. The Balaban J connectivity index is 1.88. The third-order valence-electron chi connectivity index (χ3n) is 5.92. The summed E-state index contributed by atoms with van der Waals surface area (Å²) in [5, 5.41) is 2.14. The zero-order chi connectivity index (χ0) is 23.1. The molecule has 1 aliphatic rings. The van der Waals surface area contributed by atoms with Crippen molar-refractivity contribution in [2.45, 2.75) is 57.4 Å². The molecule has 1 heterocycles. The Bertz CT molecular complexity index is 870. The van der Waals surface area contributed by atoms with Crippen LogP contribution in [0.15, 0.2) is 42.5 Å². The summed E-state index contributed by atoms with van der Waals surface area (Å²) in [7, 11) is 4.73. The number of benzene rings is 2. The first kappa shape index (κ1) is 24.5. The van der Waals surface area contributed by atoms with E-state index in [1.54, 1.807) is 21.3 Å². The maximum atomic E-state index is 12.7. The normalized spacial score (nSPS) is 26.6. The van der Waals surface area contributed by atoms with Gasteiger partial charge in [-0.05, 0) is 28.8 Å². The van der Waals surface area contributed by atoms with Gasteiger partial charge in [0.15, 0.2) is 6.10 Å². The highest BCUT2D eigenvalue weighted by Gasteiger charge is 2.50. The number of fused-ring (bicyclic) bond motifs is 1. The first-order valence-electron chi connectivity index (χ1n) is 11.1. The van der Waals surface area contributed by atoms with Gasteiger partial charge in [-0.3, -0.25) is 4.79 Å². The standard InChI is InChI=1S/C25H34O7/c1-6-16(2)13-21(26)32-24-23(29-5)22(28-4)20(15-27-3)31-25(24)30-19-12-11-17-9-7-8-10-18(17)14-19/h7-12,14,16,20,22-25H,6,13,15H2,1-5H3/t16-,20+,22+,23-,24+,25+/m0/s1. The first-order chi connectivity index (χ1) is 15.5. The quantitative estimate of drug-likeness (QED) is 0.512. The Morgan fingerprint density at radius 3 is 2.38 bits per heavy atom. The van der Waals surface area contributed by atoms with E-state index in [1.165, 1.54) is 0 Å². The number of ether oxygens (including phenoxy) is 6. The van der Waals surface area contributed by atoms with Gasteiger partial charge in [0.05, 0.1) is 6.61 Å². The highest BCUT2D eigenvalue weighted by molar-refractivity contribution is 5.83. The number of carbonyl (C=O) groups excluding carboxylic acids is 1. The Morgan fingerprint density at radius 1 is 1.00 bits per heavy atom. The van der Waals surface area contributed by atoms with Crippen molar-refractivity contribution in [3.8, 4) is 5.75 Å². The first-order valence-corrected chi connectivity index (χ1v) is 11.1. The van der Waals surface area contributed by atoms with Crippen molar-refractivity contribution >= 4 is 16.7 Å². The Labute approximate surface area is 189 Å². The number of methoxy groups -OCH3 is 3. The van der Waals surface area contributed by atoms with E-state index < -0.39 is 30.7 Å². The molecule has 1 fully saturated rings. The lowest BCUT2D eigenvalue weighted by Crippen LogP contribution is -2.62. The molecular formula is C25H34O7. The van der Waals surface area contributed by atoms with E-state index in [9.17, 15) is 4.79 Å². The molecule has 0 radical (unpaired) electrons. The van der Waals surface area contributed by atoms with Crippen LogP contribution in [0, 0.1) is 5.92 Å². The molecule has 0 spiro atoms. The maximum Gasteiger partial charge on any atom is 0.306 e. The molecule has 2 aromatic carbocycles. The van der Waals surface area contributed by atoms with Gasteiger partial charge in [-0.2, -0.15) is 0 Å². The molecular weight excluding hydrogens is 412 g/mol. The number of carbonyl (C=O) groups is 1. The minimum atomic E-state index is -0.881. The van der Waals surface area contributed by atoms with Crippen molar-refractivity contribution in [2.24, 2.45) is 5.92 Å². The largest absolute Gasteiger partial charge is 0.461 e. The molecule has 3 rings (SSSR count). The third-order valence-corrected chi connectivity index (χ3v) is 5.92. The average Bonchev–Trinajstić information content (AvgIpc) is 2.80. The summed E-state index contributed by atoms with van der Waals surface area (Å²) < 4.78 is 35.0. The van der Waals surface area contributed by atoms with Crippen LogP contribution in [-0.2, 0) is 28.5 Å². The van der Waals surface area contributed by atoms with Crippen LogP contribution in [0.4, 0.5) is 0 Å². The van der Waals surface area contributed by atoms with Crippen LogP contribution in [0.25, 0.3) is 10.8 Å². The molecule has 2 aromatic rings. The maximum absolute atomic E-state index is 12.7. The van der Waals surface area contributed by atoms with Gasteiger partial charge in [0.25, 0.3) is 0 Å². The summed E-state index contributed by atoms with van der Waals surface area (Å²) in [6.45, 7) is 4.34. The van der Waals surface area contributed by atoms with Crippen LogP contribution in [0.1, 0.15) is 26.7 Å². The van der Waals surface area contributed by atoms with Gasteiger partial charge in [0.2, 0.25) is 6.29 Å². The van der Waals surface area contributed by atoms with Gasteiger partial charge >= 0.3 is 5.97 Å². The molecule has 32 heavy (non-hydrogen) atoms. The summed E-state index contributed by atoms with van der Waals surface area (Å²) in [5.41, 5.74) is 0. The predicted molar refractivity (Wildman–Crippen MR) is 121 cm³/mol. The fourth-order valence-electron chi connectivity index (χ4n) is 3.95. The van der Waals surface area contributed by atoms with Crippen molar-refractivity contribution in [3.05, 3.63) is 42.5 Å². The van der Waals surface area contributed by atoms with Gasteiger partial charge in [-0.15, -0.1) is 0 Å². The fourth-order valence-corrected chi connectivity index (χ4v) is 3.95. The number of hydrogen-bond donors (Lipinski definition) is 0. The van der Waals surface area contributed by atoms with Crippen molar-refractivity contribution in [2.75, 3.05) is 27.9 Å². The van der Waals surface area contributed by atoms with Crippen LogP contribution >= 0.6 is 0 Å². The van der Waals surface area contributed by atoms with E-state index in [1.807, 2.05) is 56.3 Å². The van der Waals surface area contributed by atoms with E-state index in [2.05, 4.69) is 0 Å². The molecule has 0 aromatic heterocycles. The van der Waals surface area contributed by atoms with Crippen molar-refractivity contribution in [1.29, 1.82) is 0 Å². The highest BCUT2D eigenvalue weighted by Crippen LogP contribution is 2.31. The monoisotopic (exact) mass is 446 g/mol. The van der Waals surface area contributed by atoms with Gasteiger partial charge < -0.3 is 28.4 Å². The molecule has 0 saturated carbocycles. The number of hydrogen-bond acceptors (Lipinski definition) is 7. The number of esters is 1. The van der Waals surface area contributed by atoms with E-state index in [-0.39, 0.29) is 18.5 Å². The van der Waals surface area contributed by atoms with E-state index >= 15 is 0 Å². The SMILES string of the molecule is CC[C@H](C)CC(=O)O[C@H]1[C@H](Oc2ccc3ccccc3c2)O[C@H](COC)[C@@H](OC)[C@@H]1OC.